The van der Waals surface area contributed by atoms with E-state index in [0.29, 0.717) is 26.8 Å². The number of hydrogen-bond donors (Lipinski definition) is 0. The van der Waals surface area contributed by atoms with Gasteiger partial charge in [0.05, 0.1) is 21.9 Å². The lowest BCUT2D eigenvalue weighted by Gasteiger charge is -2.17. The Labute approximate surface area is 129 Å². The molecule has 2 aromatic rings. The fourth-order valence-electron chi connectivity index (χ4n) is 1.64. The van der Waals surface area contributed by atoms with Crippen LogP contribution < -0.4 is 0 Å². The van der Waals surface area contributed by atoms with Gasteiger partial charge in [0.2, 0.25) is 0 Å². The fourth-order valence-corrected chi connectivity index (χ4v) is 2.37. The van der Waals surface area contributed by atoms with Crippen molar-refractivity contribution in [2.24, 2.45) is 0 Å². The molecule has 19 heavy (non-hydrogen) atoms. The van der Waals surface area contributed by atoms with Gasteiger partial charge in [0.25, 0.3) is 5.91 Å². The molecule has 0 bridgehead atoms. The molecule has 0 saturated carbocycles. The summed E-state index contributed by atoms with van der Waals surface area (Å²) in [5.74, 6) is -0.133. The molecule has 0 fully saturated rings. The Hall–Kier alpha value is -0.970. The average molecular weight is 363 g/mol. The van der Waals surface area contributed by atoms with Crippen molar-refractivity contribution in [2.45, 2.75) is 6.54 Å². The van der Waals surface area contributed by atoms with Gasteiger partial charge in [-0.3, -0.25) is 4.79 Å². The third kappa shape index (κ3) is 3.32. The predicted molar refractivity (Wildman–Crippen MR) is 78.7 cm³/mol. The van der Waals surface area contributed by atoms with Crippen molar-refractivity contribution in [1.82, 2.24) is 4.90 Å². The largest absolute Gasteiger partial charge is 0.457 e. The van der Waals surface area contributed by atoms with Crippen LogP contribution in [0.3, 0.4) is 0 Å². The van der Waals surface area contributed by atoms with Gasteiger partial charge in [-0.05, 0) is 39.7 Å². The van der Waals surface area contributed by atoms with E-state index in [2.05, 4.69) is 15.9 Å². The van der Waals surface area contributed by atoms with Gasteiger partial charge in [-0.15, -0.1) is 0 Å². The van der Waals surface area contributed by atoms with Crippen LogP contribution in [0.15, 0.2) is 39.6 Å². The normalized spacial score (nSPS) is 10.5. The first-order chi connectivity index (χ1) is 8.99. The van der Waals surface area contributed by atoms with E-state index in [1.54, 1.807) is 30.1 Å². The van der Waals surface area contributed by atoms with Crippen LogP contribution in [0.5, 0.6) is 0 Å². The van der Waals surface area contributed by atoms with Crippen molar-refractivity contribution < 1.29 is 9.21 Å². The van der Waals surface area contributed by atoms with E-state index in [-0.39, 0.29) is 5.91 Å². The van der Waals surface area contributed by atoms with Crippen molar-refractivity contribution in [1.29, 1.82) is 0 Å². The van der Waals surface area contributed by atoms with E-state index in [1.807, 2.05) is 6.07 Å². The molecule has 0 spiro atoms. The average Bonchev–Trinajstić information content (AvgIpc) is 2.79. The van der Waals surface area contributed by atoms with Crippen LogP contribution >= 0.6 is 39.1 Å². The molecule has 1 aromatic carbocycles. The SMILES string of the molecule is CN(Cc1ccc(Cl)c(Cl)c1)C(=O)c1ccoc1Br. The lowest BCUT2D eigenvalue weighted by atomic mass is 10.2. The summed E-state index contributed by atoms with van der Waals surface area (Å²) < 4.78 is 5.48. The molecule has 0 radical (unpaired) electrons. The predicted octanol–water partition coefficient (Wildman–Crippen LogP) is 4.62. The lowest BCUT2D eigenvalue weighted by Crippen LogP contribution is -2.26. The zero-order valence-corrected chi connectivity index (χ0v) is 13.1. The van der Waals surface area contributed by atoms with E-state index >= 15 is 0 Å². The van der Waals surface area contributed by atoms with Gasteiger partial charge in [0, 0.05) is 13.6 Å². The smallest absolute Gasteiger partial charge is 0.258 e. The number of hydrogen-bond acceptors (Lipinski definition) is 2. The molecule has 100 valence electrons. The van der Waals surface area contributed by atoms with Crippen molar-refractivity contribution in [3.63, 3.8) is 0 Å². The lowest BCUT2D eigenvalue weighted by molar-refractivity contribution is 0.0783. The zero-order valence-electron chi connectivity index (χ0n) is 9.99. The topological polar surface area (TPSA) is 33.5 Å². The summed E-state index contributed by atoms with van der Waals surface area (Å²) in [6, 6.07) is 6.92. The summed E-state index contributed by atoms with van der Waals surface area (Å²) in [7, 11) is 1.71. The van der Waals surface area contributed by atoms with Gasteiger partial charge in [-0.25, -0.2) is 0 Å². The summed E-state index contributed by atoms with van der Waals surface area (Å²) in [6.45, 7) is 0.438. The van der Waals surface area contributed by atoms with Crippen LogP contribution in [0, 0.1) is 0 Å². The number of amides is 1. The van der Waals surface area contributed by atoms with Crippen LogP contribution in [-0.4, -0.2) is 17.9 Å². The van der Waals surface area contributed by atoms with Crippen LogP contribution in [0.25, 0.3) is 0 Å². The van der Waals surface area contributed by atoms with E-state index in [1.165, 1.54) is 6.26 Å². The molecule has 0 atom stereocenters. The molecular weight excluding hydrogens is 353 g/mol. The maximum absolute atomic E-state index is 12.2. The summed E-state index contributed by atoms with van der Waals surface area (Å²) >= 11 is 15.0. The Morgan fingerprint density at radius 1 is 1.32 bits per heavy atom. The van der Waals surface area contributed by atoms with E-state index in [4.69, 9.17) is 27.6 Å². The van der Waals surface area contributed by atoms with Crippen molar-refractivity contribution in [2.75, 3.05) is 7.05 Å². The van der Waals surface area contributed by atoms with Crippen LogP contribution in [0.1, 0.15) is 15.9 Å². The first-order valence-corrected chi connectivity index (χ1v) is 6.96. The Morgan fingerprint density at radius 2 is 2.05 bits per heavy atom. The quantitative estimate of drug-likeness (QED) is 0.798. The number of furan rings is 1. The monoisotopic (exact) mass is 361 g/mol. The number of carbonyl (C=O) groups is 1. The molecule has 0 N–H and O–H groups in total. The minimum Gasteiger partial charge on any atom is -0.457 e. The minimum absolute atomic E-state index is 0.133. The molecule has 1 amide bonds. The van der Waals surface area contributed by atoms with E-state index < -0.39 is 0 Å². The molecule has 1 heterocycles. The molecule has 2 rings (SSSR count). The number of carbonyl (C=O) groups excluding carboxylic acids is 1. The maximum atomic E-state index is 12.2. The van der Waals surface area contributed by atoms with Crippen LogP contribution in [-0.2, 0) is 6.54 Å². The Kier molecular flexibility index (Phi) is 4.55. The maximum Gasteiger partial charge on any atom is 0.258 e. The highest BCUT2D eigenvalue weighted by Crippen LogP contribution is 2.24. The van der Waals surface area contributed by atoms with Crippen molar-refractivity contribution in [3.05, 3.63) is 56.4 Å². The van der Waals surface area contributed by atoms with Gasteiger partial charge >= 0.3 is 0 Å². The Morgan fingerprint density at radius 3 is 2.63 bits per heavy atom. The zero-order chi connectivity index (χ0) is 14.0. The highest BCUT2D eigenvalue weighted by molar-refractivity contribution is 9.10. The molecule has 0 saturated heterocycles. The molecular formula is C13H10BrCl2NO2. The summed E-state index contributed by atoms with van der Waals surface area (Å²) in [5, 5.41) is 0.974. The van der Waals surface area contributed by atoms with E-state index in [9.17, 15) is 4.79 Å². The van der Waals surface area contributed by atoms with Crippen LogP contribution in [0.2, 0.25) is 10.0 Å². The summed E-state index contributed by atoms with van der Waals surface area (Å²) in [5.41, 5.74) is 1.40. The van der Waals surface area contributed by atoms with Crippen LogP contribution in [0.4, 0.5) is 0 Å². The number of benzene rings is 1. The second-order valence-corrected chi connectivity index (χ2v) is 5.55. The van der Waals surface area contributed by atoms with Gasteiger partial charge in [0.15, 0.2) is 4.67 Å². The third-order valence-corrected chi connectivity index (χ3v) is 3.95. The molecule has 6 heteroatoms. The standard InChI is InChI=1S/C13H10BrCl2NO2/c1-17(13(18)9-4-5-19-12(9)14)7-8-2-3-10(15)11(16)6-8/h2-6H,7H2,1H3. The van der Waals surface area contributed by atoms with Gasteiger partial charge < -0.3 is 9.32 Å². The second-order valence-electron chi connectivity index (χ2n) is 4.02. The van der Waals surface area contributed by atoms with Gasteiger partial charge in [-0.1, -0.05) is 29.3 Å². The van der Waals surface area contributed by atoms with Gasteiger partial charge in [-0.2, -0.15) is 0 Å². The third-order valence-electron chi connectivity index (χ3n) is 2.60. The summed E-state index contributed by atoms with van der Waals surface area (Å²) in [6.07, 6.45) is 1.46. The molecule has 1 aromatic heterocycles. The molecule has 0 unspecified atom stereocenters. The fraction of sp³-hybridized carbons (Fsp3) is 0.154. The van der Waals surface area contributed by atoms with Crippen molar-refractivity contribution >= 4 is 45.0 Å². The number of halogens is 3. The molecule has 0 aliphatic carbocycles. The van der Waals surface area contributed by atoms with Crippen molar-refractivity contribution in [3.8, 4) is 0 Å². The first kappa shape index (κ1) is 14.4. The second kappa shape index (κ2) is 5.99. The highest BCUT2D eigenvalue weighted by Gasteiger charge is 2.17. The summed E-state index contributed by atoms with van der Waals surface area (Å²) in [4.78, 5) is 13.7. The molecule has 0 aliphatic rings. The van der Waals surface area contributed by atoms with Gasteiger partial charge in [0.1, 0.15) is 0 Å². The first-order valence-electron chi connectivity index (χ1n) is 5.41. The number of rotatable bonds is 3. The van der Waals surface area contributed by atoms with E-state index in [0.717, 1.165) is 5.56 Å². The molecule has 3 nitrogen and oxygen atoms in total. The number of nitrogens with zero attached hydrogens (tertiary/aromatic N) is 1. The minimum atomic E-state index is -0.133. The molecule has 0 aliphatic heterocycles. The highest BCUT2D eigenvalue weighted by atomic mass is 79.9. The Balaban J connectivity index is 2.13. The Bertz CT molecular complexity index is 612.